The topological polar surface area (TPSA) is 55.8 Å². The van der Waals surface area contributed by atoms with E-state index in [2.05, 4.69) is 16.1 Å². The van der Waals surface area contributed by atoms with Gasteiger partial charge < -0.3 is 14.6 Å². The van der Waals surface area contributed by atoms with E-state index in [9.17, 15) is 13.6 Å². The smallest absolute Gasteiger partial charge is 0.333 e. The van der Waals surface area contributed by atoms with Crippen LogP contribution in [0.5, 0.6) is 0 Å². The Hall–Kier alpha value is -1.01. The lowest BCUT2D eigenvalue weighted by atomic mass is 10.1. The summed E-state index contributed by atoms with van der Waals surface area (Å²) in [6, 6.07) is 0. The van der Waals surface area contributed by atoms with Gasteiger partial charge in [-0.25, -0.2) is 4.79 Å². The van der Waals surface area contributed by atoms with Crippen LogP contribution in [0.2, 0.25) is 0 Å². The predicted molar refractivity (Wildman–Crippen MR) is 52.9 cm³/mol. The summed E-state index contributed by atoms with van der Waals surface area (Å²) < 4.78 is 35.5. The highest BCUT2D eigenvalue weighted by Crippen LogP contribution is 2.28. The fourth-order valence-corrected chi connectivity index (χ4v) is 0.980. The van der Waals surface area contributed by atoms with E-state index in [1.807, 2.05) is 0 Å². The van der Waals surface area contributed by atoms with E-state index < -0.39 is 24.3 Å². The molecule has 4 nitrogen and oxygen atoms in total. The molecule has 16 heavy (non-hydrogen) atoms. The van der Waals surface area contributed by atoms with Crippen LogP contribution >= 0.6 is 0 Å². The van der Waals surface area contributed by atoms with Gasteiger partial charge in [0.15, 0.2) is 6.10 Å². The zero-order valence-corrected chi connectivity index (χ0v) is 9.50. The standard InChI is InChI=1S/C10H16F2O4/c1-5-7(16-8(13)6(2)3)10(11,12)9(14)15-4/h7,9,14H,2,5H2,1,3-4H3. The number of methoxy groups -OCH3 is 1. The molecule has 0 heterocycles. The molecule has 0 aromatic heterocycles. The van der Waals surface area contributed by atoms with Crippen molar-refractivity contribution in [2.24, 2.45) is 0 Å². The first kappa shape index (κ1) is 15.0. The Morgan fingerprint density at radius 1 is 1.56 bits per heavy atom. The van der Waals surface area contributed by atoms with Crippen molar-refractivity contribution in [3.8, 4) is 0 Å². The molecule has 6 heteroatoms. The third-order valence-electron chi connectivity index (χ3n) is 1.95. The van der Waals surface area contributed by atoms with Gasteiger partial charge in [-0.2, -0.15) is 8.78 Å². The molecule has 0 fully saturated rings. The summed E-state index contributed by atoms with van der Waals surface area (Å²) in [6.07, 6.45) is -4.20. The quantitative estimate of drug-likeness (QED) is 0.432. The Kier molecular flexibility index (Phi) is 5.53. The van der Waals surface area contributed by atoms with E-state index in [4.69, 9.17) is 5.11 Å². The fraction of sp³-hybridized carbons (Fsp3) is 0.700. The minimum absolute atomic E-state index is 0.0150. The lowest BCUT2D eigenvalue weighted by molar-refractivity contribution is -0.263. The molecular weight excluding hydrogens is 222 g/mol. The Labute approximate surface area is 92.8 Å². The SMILES string of the molecule is C=C(C)C(=O)OC(CC)C(F)(F)C(O)OC. The van der Waals surface area contributed by atoms with Gasteiger partial charge in [0.1, 0.15) is 0 Å². The number of alkyl halides is 2. The van der Waals surface area contributed by atoms with Gasteiger partial charge in [0, 0.05) is 12.7 Å². The van der Waals surface area contributed by atoms with Crippen LogP contribution in [-0.2, 0) is 14.3 Å². The van der Waals surface area contributed by atoms with Crippen molar-refractivity contribution in [2.45, 2.75) is 38.6 Å². The number of hydrogen-bond acceptors (Lipinski definition) is 4. The van der Waals surface area contributed by atoms with Crippen molar-refractivity contribution in [3.05, 3.63) is 12.2 Å². The van der Waals surface area contributed by atoms with E-state index in [1.54, 1.807) is 0 Å². The molecule has 0 aliphatic rings. The number of esters is 1. The molecule has 0 rings (SSSR count). The summed E-state index contributed by atoms with van der Waals surface area (Å²) in [5, 5.41) is 8.95. The third kappa shape index (κ3) is 3.53. The molecule has 0 bridgehead atoms. The van der Waals surface area contributed by atoms with Gasteiger partial charge in [0.05, 0.1) is 0 Å². The van der Waals surface area contributed by atoms with Gasteiger partial charge in [0.2, 0.25) is 6.29 Å². The number of ether oxygens (including phenoxy) is 2. The minimum Gasteiger partial charge on any atom is -0.452 e. The summed E-state index contributed by atoms with van der Waals surface area (Å²) in [5.41, 5.74) is 0.0150. The van der Waals surface area contributed by atoms with Crippen LogP contribution in [0.3, 0.4) is 0 Å². The summed E-state index contributed by atoms with van der Waals surface area (Å²) in [7, 11) is 0.936. The maximum Gasteiger partial charge on any atom is 0.333 e. The number of rotatable bonds is 6. The van der Waals surface area contributed by atoms with E-state index in [1.165, 1.54) is 13.8 Å². The minimum atomic E-state index is -3.66. The second kappa shape index (κ2) is 5.91. The predicted octanol–water partition coefficient (Wildman–Crippen LogP) is 1.48. The highest BCUT2D eigenvalue weighted by Gasteiger charge is 2.48. The van der Waals surface area contributed by atoms with Crippen LogP contribution in [0.25, 0.3) is 0 Å². The van der Waals surface area contributed by atoms with Crippen molar-refractivity contribution in [2.75, 3.05) is 7.11 Å². The zero-order valence-electron chi connectivity index (χ0n) is 9.50. The summed E-state index contributed by atoms with van der Waals surface area (Å²) >= 11 is 0. The molecule has 0 spiro atoms. The van der Waals surface area contributed by atoms with Crippen molar-refractivity contribution in [3.63, 3.8) is 0 Å². The number of aliphatic hydroxyl groups excluding tert-OH is 1. The van der Waals surface area contributed by atoms with Crippen LogP contribution in [0, 0.1) is 0 Å². The monoisotopic (exact) mass is 238 g/mol. The summed E-state index contributed by atoms with van der Waals surface area (Å²) in [4.78, 5) is 11.1. The fourth-order valence-electron chi connectivity index (χ4n) is 0.980. The molecule has 0 aromatic rings. The molecule has 0 amide bonds. The van der Waals surface area contributed by atoms with E-state index in [-0.39, 0.29) is 12.0 Å². The molecule has 0 radical (unpaired) electrons. The van der Waals surface area contributed by atoms with Crippen molar-refractivity contribution in [1.29, 1.82) is 0 Å². The molecule has 94 valence electrons. The zero-order chi connectivity index (χ0) is 12.9. The largest absolute Gasteiger partial charge is 0.452 e. The molecule has 0 aromatic carbocycles. The molecule has 2 unspecified atom stereocenters. The number of halogens is 2. The van der Waals surface area contributed by atoms with Gasteiger partial charge in [0.25, 0.3) is 0 Å². The Morgan fingerprint density at radius 3 is 2.38 bits per heavy atom. The number of aliphatic hydroxyl groups is 1. The lowest BCUT2D eigenvalue weighted by Gasteiger charge is -2.28. The van der Waals surface area contributed by atoms with Crippen LogP contribution in [0.1, 0.15) is 20.3 Å². The van der Waals surface area contributed by atoms with Crippen molar-refractivity contribution in [1.82, 2.24) is 0 Å². The number of hydrogen-bond donors (Lipinski definition) is 1. The van der Waals surface area contributed by atoms with Gasteiger partial charge >= 0.3 is 11.9 Å². The van der Waals surface area contributed by atoms with E-state index in [0.29, 0.717) is 0 Å². The van der Waals surface area contributed by atoms with Gasteiger partial charge in [-0.05, 0) is 13.3 Å². The van der Waals surface area contributed by atoms with Gasteiger partial charge in [-0.1, -0.05) is 13.5 Å². The molecule has 0 aliphatic heterocycles. The second-order valence-corrected chi connectivity index (χ2v) is 3.35. The second-order valence-electron chi connectivity index (χ2n) is 3.35. The van der Waals surface area contributed by atoms with Gasteiger partial charge in [-0.3, -0.25) is 0 Å². The summed E-state index contributed by atoms with van der Waals surface area (Å²) in [5.74, 6) is -4.58. The van der Waals surface area contributed by atoms with Crippen LogP contribution in [0.15, 0.2) is 12.2 Å². The van der Waals surface area contributed by atoms with Crippen LogP contribution < -0.4 is 0 Å². The molecule has 0 saturated carbocycles. The average molecular weight is 238 g/mol. The Bertz CT molecular complexity index is 266. The molecule has 0 saturated heterocycles. The molecular formula is C10H16F2O4. The maximum atomic E-state index is 13.4. The van der Waals surface area contributed by atoms with Crippen molar-refractivity contribution >= 4 is 5.97 Å². The van der Waals surface area contributed by atoms with Crippen LogP contribution in [0.4, 0.5) is 8.78 Å². The summed E-state index contributed by atoms with van der Waals surface area (Å²) in [6.45, 7) is 6.03. The Morgan fingerprint density at radius 2 is 2.06 bits per heavy atom. The third-order valence-corrected chi connectivity index (χ3v) is 1.95. The first-order valence-corrected chi connectivity index (χ1v) is 4.72. The van der Waals surface area contributed by atoms with E-state index >= 15 is 0 Å². The highest BCUT2D eigenvalue weighted by atomic mass is 19.3. The first-order valence-electron chi connectivity index (χ1n) is 4.72. The van der Waals surface area contributed by atoms with Gasteiger partial charge in [-0.15, -0.1) is 0 Å². The number of carbonyl (C=O) groups is 1. The number of carbonyl (C=O) groups excluding carboxylic acids is 1. The molecule has 0 aliphatic carbocycles. The lowest BCUT2D eigenvalue weighted by Crippen LogP contribution is -2.47. The highest BCUT2D eigenvalue weighted by molar-refractivity contribution is 5.87. The van der Waals surface area contributed by atoms with E-state index in [0.717, 1.165) is 7.11 Å². The average Bonchev–Trinajstić information content (AvgIpc) is 2.23. The Balaban J connectivity index is 4.72. The normalized spacial score (nSPS) is 15.4. The van der Waals surface area contributed by atoms with Crippen LogP contribution in [-0.4, -0.2) is 36.5 Å². The maximum absolute atomic E-state index is 13.4. The van der Waals surface area contributed by atoms with Crippen molar-refractivity contribution < 1.29 is 28.2 Å². The molecule has 2 atom stereocenters. The molecule has 1 N–H and O–H groups in total. The first-order chi connectivity index (χ1) is 7.27.